The fourth-order valence-electron chi connectivity index (χ4n) is 8.72. The Kier molecular flexibility index (Phi) is 5.27. The van der Waals surface area contributed by atoms with Crippen molar-refractivity contribution < 1.29 is 5.11 Å². The lowest BCUT2D eigenvalue weighted by atomic mass is 9.44. The molecular formula is C23H39N3O. The summed E-state index contributed by atoms with van der Waals surface area (Å²) in [5.74, 6) is 4.92. The van der Waals surface area contributed by atoms with Gasteiger partial charge in [-0.15, -0.1) is 0 Å². The first-order chi connectivity index (χ1) is 12.9. The van der Waals surface area contributed by atoms with Crippen molar-refractivity contribution in [1.82, 2.24) is 0 Å². The summed E-state index contributed by atoms with van der Waals surface area (Å²) < 4.78 is 0. The van der Waals surface area contributed by atoms with Crippen LogP contribution in [0.5, 0.6) is 0 Å². The van der Waals surface area contributed by atoms with Gasteiger partial charge in [0.1, 0.15) is 0 Å². The first kappa shape index (κ1) is 19.6. The fraction of sp³-hybridized carbons (Fsp3) is 1.00. The lowest BCUT2D eigenvalue weighted by Gasteiger charge is -2.61. The molecule has 9 atom stereocenters. The highest BCUT2D eigenvalue weighted by atomic mass is 16.3. The van der Waals surface area contributed by atoms with Crippen molar-refractivity contribution in [3.8, 4) is 0 Å². The summed E-state index contributed by atoms with van der Waals surface area (Å²) in [5, 5.41) is 14.0. The molecule has 0 aliphatic heterocycles. The molecule has 0 radical (unpaired) electrons. The molecule has 4 heteroatoms. The average molecular weight is 374 g/mol. The van der Waals surface area contributed by atoms with Gasteiger partial charge in [-0.25, -0.2) is 0 Å². The van der Waals surface area contributed by atoms with Crippen molar-refractivity contribution >= 4 is 0 Å². The van der Waals surface area contributed by atoms with Crippen LogP contribution < -0.4 is 0 Å². The Morgan fingerprint density at radius 3 is 2.56 bits per heavy atom. The summed E-state index contributed by atoms with van der Waals surface area (Å²) in [6.45, 7) is 8.24. The summed E-state index contributed by atoms with van der Waals surface area (Å²) in [5.41, 5.74) is 9.57. The predicted molar refractivity (Wildman–Crippen MR) is 109 cm³/mol. The summed E-state index contributed by atoms with van der Waals surface area (Å²) in [7, 11) is 0. The van der Waals surface area contributed by atoms with E-state index in [-0.39, 0.29) is 6.10 Å². The Labute approximate surface area is 165 Å². The Morgan fingerprint density at radius 2 is 1.78 bits per heavy atom. The van der Waals surface area contributed by atoms with E-state index in [0.29, 0.717) is 23.3 Å². The van der Waals surface area contributed by atoms with Gasteiger partial charge in [-0.05, 0) is 116 Å². The molecule has 3 unspecified atom stereocenters. The minimum atomic E-state index is -0.0405. The fourth-order valence-corrected chi connectivity index (χ4v) is 8.72. The molecule has 4 rings (SSSR count). The second-order valence-electron chi connectivity index (χ2n) is 11.0. The van der Waals surface area contributed by atoms with Gasteiger partial charge >= 0.3 is 0 Å². The Hall–Kier alpha value is -0.730. The molecule has 4 aliphatic carbocycles. The normalized spacial score (nSPS) is 50.1. The molecule has 4 fully saturated rings. The average Bonchev–Trinajstić information content (AvgIpc) is 3.00. The van der Waals surface area contributed by atoms with Crippen LogP contribution in [0.1, 0.15) is 85.0 Å². The molecule has 0 aromatic rings. The van der Waals surface area contributed by atoms with Crippen molar-refractivity contribution in [3.05, 3.63) is 10.4 Å². The van der Waals surface area contributed by atoms with Crippen LogP contribution in [-0.4, -0.2) is 17.8 Å². The van der Waals surface area contributed by atoms with Crippen LogP contribution >= 0.6 is 0 Å². The lowest BCUT2D eigenvalue weighted by molar-refractivity contribution is -0.129. The highest BCUT2D eigenvalue weighted by Gasteiger charge is 2.60. The van der Waals surface area contributed by atoms with E-state index in [0.717, 1.165) is 48.9 Å². The number of hydrogen-bond donors (Lipinski definition) is 1. The van der Waals surface area contributed by atoms with Crippen LogP contribution in [0.25, 0.3) is 10.4 Å². The maximum atomic E-state index is 10.2. The third kappa shape index (κ3) is 3.12. The first-order valence-corrected chi connectivity index (χ1v) is 11.6. The van der Waals surface area contributed by atoms with Crippen molar-refractivity contribution in [2.24, 2.45) is 51.5 Å². The molecule has 27 heavy (non-hydrogen) atoms. The van der Waals surface area contributed by atoms with E-state index in [1.165, 1.54) is 44.9 Å². The summed E-state index contributed by atoms with van der Waals surface area (Å²) in [4.78, 5) is 2.95. The monoisotopic (exact) mass is 373 g/mol. The summed E-state index contributed by atoms with van der Waals surface area (Å²) in [6, 6.07) is 0. The number of fused-ring (bicyclic) bond motifs is 5. The van der Waals surface area contributed by atoms with E-state index in [9.17, 15) is 5.11 Å². The first-order valence-electron chi connectivity index (χ1n) is 11.6. The summed E-state index contributed by atoms with van der Waals surface area (Å²) in [6.07, 6.45) is 12.7. The minimum absolute atomic E-state index is 0.0405. The molecule has 0 spiro atoms. The molecule has 0 aromatic heterocycles. The molecule has 0 bridgehead atoms. The van der Waals surface area contributed by atoms with Gasteiger partial charge in [-0.2, -0.15) is 0 Å². The quantitative estimate of drug-likeness (QED) is 0.348. The maximum absolute atomic E-state index is 10.2. The maximum Gasteiger partial charge on any atom is 0.0543 e. The highest BCUT2D eigenvalue weighted by molar-refractivity contribution is 5.09. The van der Waals surface area contributed by atoms with Crippen molar-refractivity contribution in [2.45, 2.75) is 91.1 Å². The number of hydrogen-bond acceptors (Lipinski definition) is 2. The Morgan fingerprint density at radius 1 is 1.04 bits per heavy atom. The molecule has 0 amide bonds. The third-order valence-electron chi connectivity index (χ3n) is 10.1. The molecule has 4 saturated carbocycles. The van der Waals surface area contributed by atoms with Gasteiger partial charge in [0.2, 0.25) is 0 Å². The van der Waals surface area contributed by atoms with E-state index in [1.54, 1.807) is 0 Å². The van der Waals surface area contributed by atoms with Crippen LogP contribution in [0.2, 0.25) is 0 Å². The molecular weight excluding hydrogens is 334 g/mol. The van der Waals surface area contributed by atoms with Gasteiger partial charge in [-0.1, -0.05) is 25.9 Å². The number of aliphatic hydroxyl groups excluding tert-OH is 1. The van der Waals surface area contributed by atoms with Crippen LogP contribution in [0, 0.1) is 46.3 Å². The van der Waals surface area contributed by atoms with Crippen molar-refractivity contribution in [3.63, 3.8) is 0 Å². The van der Waals surface area contributed by atoms with E-state index in [1.807, 2.05) is 0 Å². The van der Waals surface area contributed by atoms with E-state index in [4.69, 9.17) is 5.53 Å². The van der Waals surface area contributed by atoms with Crippen LogP contribution in [0.15, 0.2) is 5.11 Å². The topological polar surface area (TPSA) is 69.0 Å². The highest BCUT2D eigenvalue weighted by Crippen LogP contribution is 2.68. The smallest absolute Gasteiger partial charge is 0.0543 e. The number of azide groups is 1. The van der Waals surface area contributed by atoms with Crippen LogP contribution in [-0.2, 0) is 0 Å². The molecule has 152 valence electrons. The molecule has 0 aromatic carbocycles. The molecule has 0 heterocycles. The number of rotatable bonds is 4. The molecule has 1 N–H and O–H groups in total. The minimum Gasteiger partial charge on any atom is -0.393 e. The van der Waals surface area contributed by atoms with Gasteiger partial charge in [0.05, 0.1) is 6.10 Å². The van der Waals surface area contributed by atoms with Crippen LogP contribution in [0.3, 0.4) is 0 Å². The van der Waals surface area contributed by atoms with Gasteiger partial charge in [-0.3, -0.25) is 0 Å². The van der Waals surface area contributed by atoms with Crippen molar-refractivity contribution in [1.29, 1.82) is 0 Å². The van der Waals surface area contributed by atoms with Gasteiger partial charge in [0.15, 0.2) is 0 Å². The predicted octanol–water partition coefficient (Wildman–Crippen LogP) is 6.34. The second-order valence-corrected chi connectivity index (χ2v) is 11.0. The Balaban J connectivity index is 1.51. The molecule has 0 saturated heterocycles. The van der Waals surface area contributed by atoms with E-state index >= 15 is 0 Å². The second kappa shape index (κ2) is 7.26. The van der Waals surface area contributed by atoms with Gasteiger partial charge < -0.3 is 5.11 Å². The van der Waals surface area contributed by atoms with E-state index in [2.05, 4.69) is 30.8 Å². The zero-order chi connectivity index (χ0) is 19.2. The van der Waals surface area contributed by atoms with E-state index < -0.39 is 0 Å². The number of aliphatic hydroxyl groups is 1. The molecule has 4 aliphatic rings. The largest absolute Gasteiger partial charge is 0.393 e. The van der Waals surface area contributed by atoms with Gasteiger partial charge in [0, 0.05) is 11.5 Å². The lowest BCUT2D eigenvalue weighted by Crippen LogP contribution is -2.54. The molecule has 4 nitrogen and oxygen atoms in total. The third-order valence-corrected chi connectivity index (χ3v) is 10.1. The summed E-state index contributed by atoms with van der Waals surface area (Å²) >= 11 is 0. The number of nitrogens with zero attached hydrogens (tertiary/aromatic N) is 3. The SMILES string of the molecule is C[C@H](CCN=[N+]=[N-])C1CC[C@H]2C3CC[C@@H]4C[C@H](O)CC[C@]4(C)C3CC[C@]12C. The Bertz CT molecular complexity index is 602. The van der Waals surface area contributed by atoms with Crippen LogP contribution in [0.4, 0.5) is 0 Å². The zero-order valence-corrected chi connectivity index (χ0v) is 17.6. The zero-order valence-electron chi connectivity index (χ0n) is 17.6. The standard InChI is InChI=1S/C23H39N3O/c1-15(10-13-25-26-24)19-6-7-20-18-5-4-16-14-17(27)8-11-22(16,2)21(18)9-12-23(19,20)3/h15-21,27H,4-14H2,1-3H3/t15-,16-,17-,18?,19?,20+,21?,22+,23-/m1/s1. The van der Waals surface area contributed by atoms with Crippen molar-refractivity contribution in [2.75, 3.05) is 6.54 Å². The van der Waals surface area contributed by atoms with Gasteiger partial charge in [0.25, 0.3) is 0 Å².